The predicted molar refractivity (Wildman–Crippen MR) is 95.2 cm³/mol. The first-order valence-corrected chi connectivity index (χ1v) is 8.94. The van der Waals surface area contributed by atoms with E-state index in [1.807, 2.05) is 18.2 Å². The van der Waals surface area contributed by atoms with Crippen LogP contribution in [-0.2, 0) is 0 Å². The van der Waals surface area contributed by atoms with Gasteiger partial charge in [-0.15, -0.1) is 0 Å². The Morgan fingerprint density at radius 3 is 2.64 bits per heavy atom. The summed E-state index contributed by atoms with van der Waals surface area (Å²) in [6.45, 7) is 0. The predicted octanol–water partition coefficient (Wildman–Crippen LogP) is 4.88. The maximum atomic E-state index is 13.0. The lowest BCUT2D eigenvalue weighted by Gasteiger charge is -2.09. The Labute approximate surface area is 149 Å². The molecule has 5 nitrogen and oxygen atoms in total. The van der Waals surface area contributed by atoms with E-state index in [-0.39, 0.29) is 5.91 Å². The second-order valence-electron chi connectivity index (χ2n) is 6.83. The third-order valence-electron chi connectivity index (χ3n) is 4.82. The second kappa shape index (κ2) is 5.56. The van der Waals surface area contributed by atoms with Gasteiger partial charge in [0.2, 0.25) is 0 Å². The Bertz CT molecular complexity index is 989. The van der Waals surface area contributed by atoms with Crippen LogP contribution in [0, 0.1) is 0 Å². The van der Waals surface area contributed by atoms with Crippen molar-refractivity contribution in [2.45, 2.75) is 37.5 Å². The molecular weight excluding hydrogens is 338 g/mol. The average Bonchev–Trinajstić information content (AvgIpc) is 3.53. The minimum Gasteiger partial charge on any atom is -0.335 e. The molecule has 2 aliphatic carbocycles. The molecule has 0 unspecified atom stereocenters. The van der Waals surface area contributed by atoms with E-state index in [0.717, 1.165) is 42.5 Å². The van der Waals surface area contributed by atoms with Crippen LogP contribution in [0.3, 0.4) is 0 Å². The number of nitrogens with zero attached hydrogens (tertiary/aromatic N) is 2. The van der Waals surface area contributed by atoms with Gasteiger partial charge in [-0.2, -0.15) is 0 Å². The molecule has 1 aromatic carbocycles. The first-order chi connectivity index (χ1) is 12.2. The molecule has 2 fully saturated rings. The van der Waals surface area contributed by atoms with Gasteiger partial charge >= 0.3 is 0 Å². The zero-order valence-corrected chi connectivity index (χ0v) is 14.2. The summed E-state index contributed by atoms with van der Waals surface area (Å²) in [5.41, 5.74) is 3.41. The van der Waals surface area contributed by atoms with E-state index < -0.39 is 0 Å². The molecule has 6 heteroatoms. The molecular formula is C19H16ClN3O2. The molecule has 0 spiro atoms. The lowest BCUT2D eigenvalue weighted by Crippen LogP contribution is -2.14. The molecule has 2 heterocycles. The smallest absolute Gasteiger partial charge is 0.259 e. The topological polar surface area (TPSA) is 68.0 Å². The summed E-state index contributed by atoms with van der Waals surface area (Å²) in [5.74, 6) is 0.597. The number of benzene rings is 1. The van der Waals surface area contributed by atoms with Crippen LogP contribution < -0.4 is 5.32 Å². The fourth-order valence-corrected chi connectivity index (χ4v) is 3.33. The Hall–Kier alpha value is -2.40. The molecule has 3 aromatic rings. The van der Waals surface area contributed by atoms with Crippen LogP contribution in [0.4, 0.5) is 5.69 Å². The van der Waals surface area contributed by atoms with Crippen molar-refractivity contribution in [3.63, 3.8) is 0 Å². The number of rotatable bonds is 4. The monoisotopic (exact) mass is 353 g/mol. The molecule has 2 aromatic heterocycles. The number of carbonyl (C=O) groups is 1. The number of para-hydroxylation sites is 1. The number of hydrogen-bond acceptors (Lipinski definition) is 4. The van der Waals surface area contributed by atoms with Gasteiger partial charge in [0.15, 0.2) is 0 Å². The normalized spacial score (nSPS) is 17.0. The van der Waals surface area contributed by atoms with Crippen LogP contribution in [-0.4, -0.2) is 16.0 Å². The van der Waals surface area contributed by atoms with Gasteiger partial charge < -0.3 is 9.84 Å². The van der Waals surface area contributed by atoms with Gasteiger partial charge in [0.1, 0.15) is 0 Å². The van der Waals surface area contributed by atoms with Crippen LogP contribution in [0.5, 0.6) is 0 Å². The maximum absolute atomic E-state index is 13.0. The second-order valence-corrected chi connectivity index (χ2v) is 7.23. The molecule has 0 radical (unpaired) electrons. The maximum Gasteiger partial charge on any atom is 0.259 e. The summed E-state index contributed by atoms with van der Waals surface area (Å²) in [7, 11) is 0. The van der Waals surface area contributed by atoms with Crippen molar-refractivity contribution >= 4 is 34.3 Å². The van der Waals surface area contributed by atoms with Gasteiger partial charge in [0, 0.05) is 17.5 Å². The number of carbonyl (C=O) groups excluding carboxylic acids is 1. The van der Waals surface area contributed by atoms with Crippen molar-refractivity contribution in [3.05, 3.63) is 52.3 Å². The molecule has 126 valence electrons. The minimum absolute atomic E-state index is 0.201. The van der Waals surface area contributed by atoms with Crippen LogP contribution in [0.25, 0.3) is 11.1 Å². The molecule has 2 saturated carbocycles. The van der Waals surface area contributed by atoms with E-state index in [1.165, 1.54) is 0 Å². The van der Waals surface area contributed by atoms with Gasteiger partial charge in [0.25, 0.3) is 11.6 Å². The van der Waals surface area contributed by atoms with E-state index >= 15 is 0 Å². The molecule has 1 N–H and O–H groups in total. The first-order valence-electron chi connectivity index (χ1n) is 8.57. The zero-order chi connectivity index (χ0) is 17.0. The van der Waals surface area contributed by atoms with Gasteiger partial charge in [-0.1, -0.05) is 28.9 Å². The molecule has 5 rings (SSSR count). The van der Waals surface area contributed by atoms with Crippen molar-refractivity contribution in [1.82, 2.24) is 10.1 Å². The van der Waals surface area contributed by atoms with Gasteiger partial charge in [0.05, 0.1) is 27.4 Å². The largest absolute Gasteiger partial charge is 0.335 e. The number of amides is 1. The highest BCUT2D eigenvalue weighted by Crippen LogP contribution is 2.45. The number of aromatic nitrogens is 2. The summed E-state index contributed by atoms with van der Waals surface area (Å²) >= 11 is 6.18. The zero-order valence-electron chi connectivity index (χ0n) is 13.5. The standard InChI is InChI=1S/C19H16ClN3O2/c20-13-3-1-2-4-14(13)21-18(24)12-9-15(10-5-6-10)22-19-16(12)17(23-25-19)11-7-8-11/h1-4,9-11H,5-8H2,(H,21,24). The third kappa shape index (κ3) is 2.68. The number of anilines is 1. The minimum atomic E-state index is -0.201. The summed E-state index contributed by atoms with van der Waals surface area (Å²) in [6.07, 6.45) is 4.37. The number of pyridine rings is 1. The van der Waals surface area contributed by atoms with Crippen LogP contribution in [0.15, 0.2) is 34.9 Å². The van der Waals surface area contributed by atoms with Crippen LogP contribution >= 0.6 is 11.6 Å². The summed E-state index contributed by atoms with van der Waals surface area (Å²) < 4.78 is 5.47. The van der Waals surface area contributed by atoms with Gasteiger partial charge in [-0.3, -0.25) is 4.79 Å². The molecule has 1 amide bonds. The molecule has 2 aliphatic rings. The van der Waals surface area contributed by atoms with Crippen LogP contribution in [0.1, 0.15) is 59.3 Å². The van der Waals surface area contributed by atoms with E-state index in [9.17, 15) is 4.79 Å². The molecule has 25 heavy (non-hydrogen) atoms. The first kappa shape index (κ1) is 14.9. The summed E-state index contributed by atoms with van der Waals surface area (Å²) in [5, 5.41) is 8.37. The van der Waals surface area contributed by atoms with Gasteiger partial charge in [-0.25, -0.2) is 4.98 Å². The number of nitrogens with one attached hydrogen (secondary N) is 1. The SMILES string of the molecule is O=C(Nc1ccccc1Cl)c1cc(C2CC2)nc2onc(C3CC3)c12. The highest BCUT2D eigenvalue weighted by atomic mass is 35.5. The summed E-state index contributed by atoms with van der Waals surface area (Å²) in [4.78, 5) is 17.6. The fourth-order valence-electron chi connectivity index (χ4n) is 3.15. The van der Waals surface area contributed by atoms with Gasteiger partial charge in [-0.05, 0) is 43.9 Å². The Balaban J connectivity index is 1.61. The fraction of sp³-hybridized carbons (Fsp3) is 0.316. The summed E-state index contributed by atoms with van der Waals surface area (Å²) in [6, 6.07) is 9.11. The van der Waals surface area contributed by atoms with Crippen molar-refractivity contribution in [3.8, 4) is 0 Å². The number of hydrogen-bond donors (Lipinski definition) is 1. The lowest BCUT2D eigenvalue weighted by molar-refractivity contribution is 0.102. The average molecular weight is 354 g/mol. The van der Waals surface area contributed by atoms with Crippen molar-refractivity contribution < 1.29 is 9.32 Å². The third-order valence-corrected chi connectivity index (χ3v) is 5.15. The van der Waals surface area contributed by atoms with E-state index in [2.05, 4.69) is 15.5 Å². The lowest BCUT2D eigenvalue weighted by atomic mass is 10.0. The number of fused-ring (bicyclic) bond motifs is 1. The van der Waals surface area contributed by atoms with Crippen molar-refractivity contribution in [2.24, 2.45) is 0 Å². The quantitative estimate of drug-likeness (QED) is 0.725. The van der Waals surface area contributed by atoms with E-state index in [4.69, 9.17) is 16.1 Å². The van der Waals surface area contributed by atoms with Crippen molar-refractivity contribution in [1.29, 1.82) is 0 Å². The van der Waals surface area contributed by atoms with Crippen molar-refractivity contribution in [2.75, 3.05) is 5.32 Å². The molecule has 0 bridgehead atoms. The Morgan fingerprint density at radius 2 is 1.92 bits per heavy atom. The highest BCUT2D eigenvalue weighted by Gasteiger charge is 2.34. The molecule has 0 saturated heterocycles. The van der Waals surface area contributed by atoms with Crippen LogP contribution in [0.2, 0.25) is 5.02 Å². The number of halogens is 1. The highest BCUT2D eigenvalue weighted by molar-refractivity contribution is 6.34. The Kier molecular flexibility index (Phi) is 3.31. The molecule has 0 atom stereocenters. The van der Waals surface area contributed by atoms with E-state index in [1.54, 1.807) is 12.1 Å². The van der Waals surface area contributed by atoms with E-state index in [0.29, 0.717) is 33.8 Å². The Morgan fingerprint density at radius 1 is 1.16 bits per heavy atom. The molecule has 0 aliphatic heterocycles.